The van der Waals surface area contributed by atoms with Gasteiger partial charge in [0.15, 0.2) is 5.69 Å². The first kappa shape index (κ1) is 24.0. The number of anilines is 1. The van der Waals surface area contributed by atoms with Gasteiger partial charge in [0.05, 0.1) is 12.1 Å². The fourth-order valence-electron chi connectivity index (χ4n) is 4.45. The van der Waals surface area contributed by atoms with Gasteiger partial charge in [-0.1, -0.05) is 55.5 Å². The Bertz CT molecular complexity index is 1210. The zero-order valence-corrected chi connectivity index (χ0v) is 19.7. The quantitative estimate of drug-likeness (QED) is 0.481. The maximum absolute atomic E-state index is 13.1. The highest BCUT2D eigenvalue weighted by Crippen LogP contribution is 2.44. The predicted octanol–water partition coefficient (Wildman–Crippen LogP) is 4.11. The topological polar surface area (TPSA) is 114 Å². The van der Waals surface area contributed by atoms with Crippen LogP contribution in [-0.2, 0) is 16.6 Å². The number of carboxylic acids is 1. The number of aliphatic carboxylic acids is 1. The highest BCUT2D eigenvalue weighted by atomic mass is 16.5. The van der Waals surface area contributed by atoms with E-state index in [-0.39, 0.29) is 36.9 Å². The molecule has 2 amide bonds. The van der Waals surface area contributed by atoms with E-state index in [1.54, 1.807) is 7.05 Å². The lowest BCUT2D eigenvalue weighted by Crippen LogP contribution is -2.34. The van der Waals surface area contributed by atoms with Gasteiger partial charge in [-0.15, -0.1) is 0 Å². The van der Waals surface area contributed by atoms with Crippen molar-refractivity contribution in [3.63, 3.8) is 0 Å². The van der Waals surface area contributed by atoms with E-state index in [0.29, 0.717) is 13.0 Å². The van der Waals surface area contributed by atoms with Crippen molar-refractivity contribution in [2.75, 3.05) is 25.0 Å². The van der Waals surface area contributed by atoms with Crippen molar-refractivity contribution in [2.45, 2.75) is 25.7 Å². The minimum absolute atomic E-state index is 0.0415. The van der Waals surface area contributed by atoms with Crippen molar-refractivity contribution in [3.05, 3.63) is 71.5 Å². The maximum atomic E-state index is 13.1. The number of hydrogen-bond acceptors (Lipinski definition) is 5. The third-order valence-corrected chi connectivity index (χ3v) is 5.99. The minimum atomic E-state index is -0.989. The van der Waals surface area contributed by atoms with Gasteiger partial charge in [-0.25, -0.2) is 4.79 Å². The maximum Gasteiger partial charge on any atom is 0.411 e. The number of ether oxygens (including phenoxy) is 1. The summed E-state index contributed by atoms with van der Waals surface area (Å²) in [5.74, 6) is -1.52. The molecular weight excluding hydrogens is 448 g/mol. The van der Waals surface area contributed by atoms with Crippen molar-refractivity contribution in [1.82, 2.24) is 14.7 Å². The van der Waals surface area contributed by atoms with Crippen LogP contribution in [0.3, 0.4) is 0 Å². The number of carboxylic acid groups (broad SMARTS) is 1. The van der Waals surface area contributed by atoms with Gasteiger partial charge in [0.1, 0.15) is 6.61 Å². The van der Waals surface area contributed by atoms with Crippen molar-refractivity contribution in [1.29, 1.82) is 0 Å². The first-order valence-corrected chi connectivity index (χ1v) is 11.6. The predicted molar refractivity (Wildman–Crippen MR) is 130 cm³/mol. The zero-order chi connectivity index (χ0) is 24.9. The standard InChI is InChI=1S/C26H28N4O5/c1-3-13-30(14-12-23(31)32)25(33)24-22(15-29(2)28-24)27-26(34)35-16-21-19-10-6-4-8-17(19)18-9-5-7-11-20(18)21/h4-11,15,21H,3,12-14,16H2,1-2H3,(H,27,34)(H,31,32). The molecule has 0 saturated heterocycles. The van der Waals surface area contributed by atoms with Crippen LogP contribution in [0.25, 0.3) is 11.1 Å². The van der Waals surface area contributed by atoms with Crippen LogP contribution in [0.5, 0.6) is 0 Å². The molecule has 0 radical (unpaired) electrons. The highest BCUT2D eigenvalue weighted by Gasteiger charge is 2.29. The molecule has 3 aromatic rings. The summed E-state index contributed by atoms with van der Waals surface area (Å²) in [4.78, 5) is 38.2. The lowest BCUT2D eigenvalue weighted by atomic mass is 9.98. The Hall–Kier alpha value is -4.14. The van der Waals surface area contributed by atoms with Crippen LogP contribution in [0.15, 0.2) is 54.7 Å². The van der Waals surface area contributed by atoms with Crippen LogP contribution in [0.2, 0.25) is 0 Å². The molecule has 1 aromatic heterocycles. The molecule has 0 spiro atoms. The number of rotatable bonds is 9. The number of benzene rings is 2. The largest absolute Gasteiger partial charge is 0.481 e. The van der Waals surface area contributed by atoms with Crippen LogP contribution in [0.4, 0.5) is 10.5 Å². The first-order valence-electron chi connectivity index (χ1n) is 11.6. The summed E-state index contributed by atoms with van der Waals surface area (Å²) in [6, 6.07) is 16.1. The molecule has 9 heteroatoms. The van der Waals surface area contributed by atoms with Crippen molar-refractivity contribution in [2.24, 2.45) is 7.05 Å². The van der Waals surface area contributed by atoms with Crippen molar-refractivity contribution < 1.29 is 24.2 Å². The summed E-state index contributed by atoms with van der Waals surface area (Å²) in [5.41, 5.74) is 4.73. The smallest absolute Gasteiger partial charge is 0.411 e. The van der Waals surface area contributed by atoms with E-state index in [1.807, 2.05) is 43.3 Å². The SMILES string of the molecule is CCCN(CCC(=O)O)C(=O)c1nn(C)cc1NC(=O)OCC1c2ccccc2-c2ccccc21. The van der Waals surface area contributed by atoms with Gasteiger partial charge in [0.2, 0.25) is 0 Å². The molecule has 1 aliphatic carbocycles. The summed E-state index contributed by atoms with van der Waals surface area (Å²) in [7, 11) is 1.64. The molecule has 9 nitrogen and oxygen atoms in total. The van der Waals surface area contributed by atoms with Gasteiger partial charge in [0.25, 0.3) is 5.91 Å². The number of nitrogens with zero attached hydrogens (tertiary/aromatic N) is 3. The van der Waals surface area contributed by atoms with Crippen LogP contribution in [-0.4, -0.2) is 57.5 Å². The second-order valence-corrected chi connectivity index (χ2v) is 8.45. The number of aryl methyl sites for hydroxylation is 1. The Labute approximate surface area is 203 Å². The number of fused-ring (bicyclic) bond motifs is 3. The molecule has 0 bridgehead atoms. The molecule has 0 atom stereocenters. The van der Waals surface area contributed by atoms with Crippen LogP contribution in [0, 0.1) is 0 Å². The van der Waals surface area contributed by atoms with E-state index in [1.165, 1.54) is 15.8 Å². The average Bonchev–Trinajstić information content (AvgIpc) is 3.37. The van der Waals surface area contributed by atoms with E-state index in [9.17, 15) is 14.4 Å². The number of nitrogens with one attached hydrogen (secondary N) is 1. The number of hydrogen-bond donors (Lipinski definition) is 2. The Morgan fingerprint density at radius 1 is 1.06 bits per heavy atom. The van der Waals surface area contributed by atoms with Crippen molar-refractivity contribution in [3.8, 4) is 11.1 Å². The monoisotopic (exact) mass is 476 g/mol. The third-order valence-electron chi connectivity index (χ3n) is 5.99. The number of carbonyl (C=O) groups is 3. The zero-order valence-electron chi connectivity index (χ0n) is 19.7. The molecule has 0 fully saturated rings. The van der Waals surface area contributed by atoms with Gasteiger partial charge in [-0.3, -0.25) is 19.6 Å². The first-order chi connectivity index (χ1) is 16.9. The molecular formula is C26H28N4O5. The second kappa shape index (κ2) is 10.4. The normalized spacial score (nSPS) is 12.1. The van der Waals surface area contributed by atoms with E-state index < -0.39 is 18.0 Å². The minimum Gasteiger partial charge on any atom is -0.481 e. The lowest BCUT2D eigenvalue weighted by molar-refractivity contribution is -0.137. The average molecular weight is 477 g/mol. The molecule has 0 aliphatic heterocycles. The Kier molecular flexibility index (Phi) is 7.14. The molecule has 182 valence electrons. The number of aromatic nitrogens is 2. The van der Waals surface area contributed by atoms with Gasteiger partial charge < -0.3 is 14.7 Å². The van der Waals surface area contributed by atoms with E-state index in [4.69, 9.17) is 9.84 Å². The second-order valence-electron chi connectivity index (χ2n) is 8.45. The number of amides is 2. The van der Waals surface area contributed by atoms with Gasteiger partial charge in [-0.2, -0.15) is 5.10 Å². The Morgan fingerprint density at radius 2 is 1.69 bits per heavy atom. The third kappa shape index (κ3) is 5.18. The summed E-state index contributed by atoms with van der Waals surface area (Å²) in [6.07, 6.45) is 1.32. The molecule has 0 unspecified atom stereocenters. The van der Waals surface area contributed by atoms with Gasteiger partial charge >= 0.3 is 12.1 Å². The van der Waals surface area contributed by atoms with E-state index in [2.05, 4.69) is 22.5 Å². The fraction of sp³-hybridized carbons (Fsp3) is 0.308. The molecule has 35 heavy (non-hydrogen) atoms. The Balaban J connectivity index is 1.46. The lowest BCUT2D eigenvalue weighted by Gasteiger charge is -2.21. The van der Waals surface area contributed by atoms with Gasteiger partial charge in [0, 0.05) is 32.3 Å². The molecule has 1 aliphatic rings. The van der Waals surface area contributed by atoms with Crippen LogP contribution in [0.1, 0.15) is 47.3 Å². The fourth-order valence-corrected chi connectivity index (χ4v) is 4.45. The molecule has 2 N–H and O–H groups in total. The molecule has 4 rings (SSSR count). The van der Waals surface area contributed by atoms with Crippen LogP contribution < -0.4 is 5.32 Å². The van der Waals surface area contributed by atoms with Gasteiger partial charge in [-0.05, 0) is 28.7 Å². The molecule has 0 saturated carbocycles. The molecule has 2 aromatic carbocycles. The Morgan fingerprint density at radius 3 is 2.29 bits per heavy atom. The van der Waals surface area contributed by atoms with Crippen molar-refractivity contribution >= 4 is 23.7 Å². The molecule has 1 heterocycles. The number of carbonyl (C=O) groups excluding carboxylic acids is 2. The van der Waals surface area contributed by atoms with Crippen LogP contribution >= 0.6 is 0 Å². The summed E-state index contributed by atoms with van der Waals surface area (Å²) in [5, 5.41) is 15.8. The summed E-state index contributed by atoms with van der Waals surface area (Å²) >= 11 is 0. The van der Waals surface area contributed by atoms with E-state index in [0.717, 1.165) is 22.3 Å². The summed E-state index contributed by atoms with van der Waals surface area (Å²) in [6.45, 7) is 2.48. The summed E-state index contributed by atoms with van der Waals surface area (Å²) < 4.78 is 7.01. The highest BCUT2D eigenvalue weighted by molar-refractivity contribution is 6.01. The van der Waals surface area contributed by atoms with E-state index >= 15 is 0 Å².